The lowest BCUT2D eigenvalue weighted by atomic mass is 9.82. The number of nitrogens with two attached hydrogens (primary N) is 1. The Balaban J connectivity index is 2.35. The van der Waals surface area contributed by atoms with Crippen LogP contribution >= 0.6 is 0 Å². The number of rotatable bonds is 4. The van der Waals surface area contributed by atoms with Crippen LogP contribution in [0.25, 0.3) is 0 Å². The Bertz CT molecular complexity index is 756. The number of carbonyl (C=O) groups excluding carboxylic acids is 3. The van der Waals surface area contributed by atoms with Crippen LogP contribution in [0, 0.1) is 5.92 Å². The minimum absolute atomic E-state index is 0.0652. The summed E-state index contributed by atoms with van der Waals surface area (Å²) in [4.78, 5) is 35.5. The van der Waals surface area contributed by atoms with Crippen LogP contribution in [-0.4, -0.2) is 23.6 Å². The molecule has 1 aliphatic carbocycles. The van der Waals surface area contributed by atoms with Crippen molar-refractivity contribution in [1.29, 1.82) is 0 Å². The molecule has 2 rings (SSSR count). The Morgan fingerprint density at radius 2 is 1.57 bits per heavy atom. The molecule has 0 spiro atoms. The van der Waals surface area contributed by atoms with Crippen molar-refractivity contribution >= 4 is 17.6 Å². The molecule has 0 bridgehead atoms. The summed E-state index contributed by atoms with van der Waals surface area (Å²) in [5.41, 5.74) is 0.979. The lowest BCUT2D eigenvalue weighted by Gasteiger charge is -2.28. The summed E-state index contributed by atoms with van der Waals surface area (Å²) in [5, 5.41) is 2.08. The molecule has 2 atom stereocenters. The molecule has 1 saturated carbocycles. The number of nitrogens with one attached hydrogen (secondary N) is 1. The minimum atomic E-state index is -5.12. The Labute approximate surface area is 155 Å². The van der Waals surface area contributed by atoms with Crippen LogP contribution in [-0.2, 0) is 21.9 Å². The third-order valence-corrected chi connectivity index (χ3v) is 4.43. The summed E-state index contributed by atoms with van der Waals surface area (Å²) in [6.07, 6.45) is -9.21. The Hall–Kier alpha value is -2.59. The van der Waals surface area contributed by atoms with E-state index in [1.807, 2.05) is 0 Å². The standard InChI is InChI=1S/C17H16F6N2O3/c18-16(19,20)10-4-9(5-11(7-10)17(21,22)23)15(28)25-13(14(24)27)8-2-1-3-12(26)6-8/h4-5,7-8,13H,1-3,6H2,(H2,24,27)(H,25,28)/t8-,13-/m1/s1. The minimum Gasteiger partial charge on any atom is -0.368 e. The number of carbonyl (C=O) groups is 3. The van der Waals surface area contributed by atoms with Crippen molar-refractivity contribution < 1.29 is 40.7 Å². The number of benzene rings is 1. The molecule has 0 aliphatic heterocycles. The second-order valence-corrected chi connectivity index (χ2v) is 6.54. The molecule has 1 fully saturated rings. The molecule has 28 heavy (non-hydrogen) atoms. The largest absolute Gasteiger partial charge is 0.416 e. The highest BCUT2D eigenvalue weighted by molar-refractivity contribution is 5.98. The molecular formula is C17H16F6N2O3. The monoisotopic (exact) mass is 410 g/mol. The van der Waals surface area contributed by atoms with E-state index in [4.69, 9.17) is 5.73 Å². The first-order chi connectivity index (χ1) is 12.8. The Morgan fingerprint density at radius 3 is 2.00 bits per heavy atom. The van der Waals surface area contributed by atoms with E-state index in [0.717, 1.165) is 0 Å². The summed E-state index contributed by atoms with van der Waals surface area (Å²) in [5.74, 6) is -3.19. The highest BCUT2D eigenvalue weighted by Gasteiger charge is 2.38. The molecule has 1 aliphatic rings. The van der Waals surface area contributed by atoms with Gasteiger partial charge in [-0.3, -0.25) is 14.4 Å². The summed E-state index contributed by atoms with van der Waals surface area (Å²) < 4.78 is 77.5. The fourth-order valence-corrected chi connectivity index (χ4v) is 3.07. The SMILES string of the molecule is NC(=O)[C@H](NC(=O)c1cc(C(F)(F)F)cc(C(F)(F)F)c1)[C@@H]1CCCC(=O)C1. The second kappa shape index (κ2) is 7.80. The van der Waals surface area contributed by atoms with Crippen LogP contribution in [0.15, 0.2) is 18.2 Å². The zero-order valence-electron chi connectivity index (χ0n) is 14.3. The van der Waals surface area contributed by atoms with Crippen molar-refractivity contribution in [3.63, 3.8) is 0 Å². The van der Waals surface area contributed by atoms with Gasteiger partial charge in [0.05, 0.1) is 11.1 Å². The topological polar surface area (TPSA) is 89.3 Å². The average molecular weight is 410 g/mol. The molecule has 0 unspecified atom stereocenters. The lowest BCUT2D eigenvalue weighted by Crippen LogP contribution is -2.50. The van der Waals surface area contributed by atoms with Crippen molar-refractivity contribution in [3.8, 4) is 0 Å². The van der Waals surface area contributed by atoms with Crippen LogP contribution in [0.2, 0.25) is 0 Å². The fraction of sp³-hybridized carbons (Fsp3) is 0.471. The third-order valence-electron chi connectivity index (χ3n) is 4.43. The van der Waals surface area contributed by atoms with E-state index in [9.17, 15) is 40.7 Å². The van der Waals surface area contributed by atoms with Crippen LogP contribution in [0.3, 0.4) is 0 Å². The van der Waals surface area contributed by atoms with Gasteiger partial charge in [-0.25, -0.2) is 0 Å². The molecule has 11 heteroatoms. The van der Waals surface area contributed by atoms with E-state index < -0.39 is 52.8 Å². The van der Waals surface area contributed by atoms with Crippen molar-refractivity contribution in [3.05, 3.63) is 34.9 Å². The van der Waals surface area contributed by atoms with Gasteiger partial charge in [-0.05, 0) is 37.0 Å². The third kappa shape index (κ3) is 5.23. The number of alkyl halides is 6. The quantitative estimate of drug-likeness (QED) is 0.748. The Kier molecular flexibility index (Phi) is 6.05. The first-order valence-corrected chi connectivity index (χ1v) is 8.20. The van der Waals surface area contributed by atoms with Gasteiger partial charge in [-0.1, -0.05) is 0 Å². The van der Waals surface area contributed by atoms with E-state index in [1.165, 1.54) is 0 Å². The first-order valence-electron chi connectivity index (χ1n) is 8.20. The summed E-state index contributed by atoms with van der Waals surface area (Å²) in [6, 6.07) is -0.980. The van der Waals surface area contributed by atoms with Gasteiger partial charge in [0.2, 0.25) is 5.91 Å². The van der Waals surface area contributed by atoms with Crippen LogP contribution in [0.5, 0.6) is 0 Å². The number of hydrogen-bond donors (Lipinski definition) is 2. The van der Waals surface area contributed by atoms with E-state index in [1.54, 1.807) is 0 Å². The molecule has 154 valence electrons. The zero-order valence-corrected chi connectivity index (χ0v) is 14.3. The van der Waals surface area contributed by atoms with Crippen molar-refractivity contribution in [1.82, 2.24) is 5.32 Å². The van der Waals surface area contributed by atoms with E-state index in [0.29, 0.717) is 19.3 Å². The van der Waals surface area contributed by atoms with Crippen molar-refractivity contribution in [2.45, 2.75) is 44.1 Å². The molecule has 1 aromatic rings. The van der Waals surface area contributed by atoms with Crippen LogP contribution in [0.4, 0.5) is 26.3 Å². The predicted molar refractivity (Wildman–Crippen MR) is 83.9 cm³/mol. The van der Waals surface area contributed by atoms with Gasteiger partial charge < -0.3 is 11.1 Å². The number of ketones is 1. The molecule has 0 aromatic heterocycles. The van der Waals surface area contributed by atoms with Crippen LogP contribution in [0.1, 0.15) is 47.2 Å². The highest BCUT2D eigenvalue weighted by atomic mass is 19.4. The summed E-state index contributed by atoms with van der Waals surface area (Å²) in [6.45, 7) is 0. The van der Waals surface area contributed by atoms with Gasteiger partial charge in [0.1, 0.15) is 11.8 Å². The smallest absolute Gasteiger partial charge is 0.368 e. The van der Waals surface area contributed by atoms with E-state index in [2.05, 4.69) is 5.32 Å². The summed E-state index contributed by atoms with van der Waals surface area (Å²) in [7, 11) is 0. The number of halogens is 6. The van der Waals surface area contributed by atoms with Gasteiger partial charge in [-0.15, -0.1) is 0 Å². The summed E-state index contributed by atoms with van der Waals surface area (Å²) >= 11 is 0. The molecular weight excluding hydrogens is 394 g/mol. The number of Topliss-reactive ketones (excluding diaryl/α,β-unsaturated/α-hetero) is 1. The predicted octanol–water partition coefficient (Wildman–Crippen LogP) is 3.07. The van der Waals surface area contributed by atoms with Gasteiger partial charge in [0.25, 0.3) is 5.91 Å². The highest BCUT2D eigenvalue weighted by Crippen LogP contribution is 2.36. The fourth-order valence-electron chi connectivity index (χ4n) is 3.07. The molecule has 0 radical (unpaired) electrons. The van der Waals surface area contributed by atoms with Crippen molar-refractivity contribution in [2.75, 3.05) is 0 Å². The number of amides is 2. The molecule has 2 amide bonds. The molecule has 5 nitrogen and oxygen atoms in total. The first kappa shape index (κ1) is 21.7. The van der Waals surface area contributed by atoms with Crippen molar-refractivity contribution in [2.24, 2.45) is 11.7 Å². The van der Waals surface area contributed by atoms with Gasteiger partial charge in [-0.2, -0.15) is 26.3 Å². The van der Waals surface area contributed by atoms with Crippen LogP contribution < -0.4 is 11.1 Å². The van der Waals surface area contributed by atoms with Gasteiger partial charge in [0.15, 0.2) is 0 Å². The molecule has 0 saturated heterocycles. The Morgan fingerprint density at radius 1 is 1.04 bits per heavy atom. The maximum atomic E-state index is 12.9. The van der Waals surface area contributed by atoms with E-state index >= 15 is 0 Å². The molecule has 0 heterocycles. The normalized spacial score (nSPS) is 19.2. The zero-order chi connectivity index (χ0) is 21.3. The maximum absolute atomic E-state index is 12.9. The van der Waals surface area contributed by atoms with Gasteiger partial charge >= 0.3 is 12.4 Å². The van der Waals surface area contributed by atoms with Gasteiger partial charge in [0, 0.05) is 18.4 Å². The maximum Gasteiger partial charge on any atom is 0.416 e. The van der Waals surface area contributed by atoms with E-state index in [-0.39, 0.29) is 30.4 Å². The second-order valence-electron chi connectivity index (χ2n) is 6.54. The molecule has 3 N–H and O–H groups in total. The average Bonchev–Trinajstić information content (AvgIpc) is 2.57. The number of hydrogen-bond acceptors (Lipinski definition) is 3. The molecule has 1 aromatic carbocycles. The number of primary amides is 1. The lowest BCUT2D eigenvalue weighted by molar-refractivity contribution is -0.143.